The highest BCUT2D eigenvalue weighted by molar-refractivity contribution is 5.60. The number of hydrogen-bond donors (Lipinski definition) is 1. The molecular formula is C16H19N3O. The molecule has 0 bridgehead atoms. The molecule has 4 nitrogen and oxygen atoms in total. The highest BCUT2D eigenvalue weighted by atomic mass is 16.5. The lowest BCUT2D eigenvalue weighted by atomic mass is 10.1. The molecule has 1 aliphatic rings. The highest BCUT2D eigenvalue weighted by Crippen LogP contribution is 2.35. The Kier molecular flexibility index (Phi) is 3.83. The van der Waals surface area contributed by atoms with Crippen molar-refractivity contribution in [3.05, 3.63) is 54.4 Å². The minimum Gasteiger partial charge on any atom is -0.491 e. The molecule has 1 aromatic carbocycles. The maximum absolute atomic E-state index is 6.04. The number of nitrogens with two attached hydrogens (primary N) is 1. The van der Waals surface area contributed by atoms with Crippen molar-refractivity contribution in [1.29, 1.82) is 0 Å². The third kappa shape index (κ3) is 2.47. The molecule has 1 atom stereocenters. The lowest BCUT2D eigenvalue weighted by Crippen LogP contribution is -2.34. The molecule has 1 aromatic heterocycles. The topological polar surface area (TPSA) is 51.4 Å². The summed E-state index contributed by atoms with van der Waals surface area (Å²) >= 11 is 0. The Bertz CT molecular complexity index is 559. The number of rotatable bonds is 3. The fourth-order valence-corrected chi connectivity index (χ4v) is 2.71. The molecule has 2 aromatic rings. The summed E-state index contributed by atoms with van der Waals surface area (Å²) in [4.78, 5) is 6.43. The van der Waals surface area contributed by atoms with Crippen molar-refractivity contribution >= 4 is 5.69 Å². The number of nitrogens with zero attached hydrogens (tertiary/aromatic N) is 2. The van der Waals surface area contributed by atoms with E-state index in [4.69, 9.17) is 10.5 Å². The van der Waals surface area contributed by atoms with Gasteiger partial charge in [0.2, 0.25) is 0 Å². The molecule has 0 radical (unpaired) electrons. The Morgan fingerprint density at radius 3 is 2.80 bits per heavy atom. The van der Waals surface area contributed by atoms with Gasteiger partial charge in [-0.2, -0.15) is 0 Å². The van der Waals surface area contributed by atoms with Crippen LogP contribution >= 0.6 is 0 Å². The van der Waals surface area contributed by atoms with Crippen LogP contribution in [-0.2, 0) is 0 Å². The van der Waals surface area contributed by atoms with Gasteiger partial charge in [0.05, 0.1) is 18.3 Å². The molecule has 0 amide bonds. The van der Waals surface area contributed by atoms with Gasteiger partial charge in [0.25, 0.3) is 0 Å². The Morgan fingerprint density at radius 2 is 2.00 bits per heavy atom. The van der Waals surface area contributed by atoms with Crippen molar-refractivity contribution in [3.8, 4) is 5.75 Å². The zero-order valence-electron chi connectivity index (χ0n) is 11.4. The fraction of sp³-hybridized carbons (Fsp3) is 0.312. The molecule has 0 fully saturated rings. The number of pyridine rings is 1. The summed E-state index contributed by atoms with van der Waals surface area (Å²) < 4.78 is 5.81. The van der Waals surface area contributed by atoms with Crippen LogP contribution in [0.2, 0.25) is 0 Å². The van der Waals surface area contributed by atoms with E-state index >= 15 is 0 Å². The van der Waals surface area contributed by atoms with E-state index < -0.39 is 0 Å². The molecule has 0 spiro atoms. The number of fused-ring (bicyclic) bond motifs is 1. The standard InChI is InChI=1S/C16H19N3O/c17-12-15(13-6-8-18-9-7-13)19-10-3-11-20-16-5-2-1-4-14(16)19/h1-2,4-9,15H,3,10-12,17H2. The van der Waals surface area contributed by atoms with E-state index in [0.717, 1.165) is 31.0 Å². The molecule has 4 heteroatoms. The zero-order chi connectivity index (χ0) is 13.8. The predicted octanol–water partition coefficient (Wildman–Crippen LogP) is 2.37. The fourth-order valence-electron chi connectivity index (χ4n) is 2.71. The van der Waals surface area contributed by atoms with Crippen molar-refractivity contribution in [2.24, 2.45) is 5.73 Å². The zero-order valence-corrected chi connectivity index (χ0v) is 11.4. The first-order chi connectivity index (χ1) is 9.90. The van der Waals surface area contributed by atoms with Gasteiger partial charge < -0.3 is 15.4 Å². The van der Waals surface area contributed by atoms with Crippen LogP contribution in [0.3, 0.4) is 0 Å². The lowest BCUT2D eigenvalue weighted by molar-refractivity contribution is 0.322. The van der Waals surface area contributed by atoms with E-state index in [0.29, 0.717) is 6.54 Å². The van der Waals surface area contributed by atoms with Crippen LogP contribution in [0.4, 0.5) is 5.69 Å². The van der Waals surface area contributed by atoms with E-state index in [1.54, 1.807) is 0 Å². The number of para-hydroxylation sites is 2. The van der Waals surface area contributed by atoms with Gasteiger partial charge in [-0.3, -0.25) is 4.98 Å². The van der Waals surface area contributed by atoms with Crippen molar-refractivity contribution in [2.75, 3.05) is 24.6 Å². The second-order valence-electron chi connectivity index (χ2n) is 4.90. The van der Waals surface area contributed by atoms with Crippen LogP contribution in [0.25, 0.3) is 0 Å². The van der Waals surface area contributed by atoms with E-state index in [-0.39, 0.29) is 6.04 Å². The summed E-state index contributed by atoms with van der Waals surface area (Å²) in [5, 5.41) is 0. The summed E-state index contributed by atoms with van der Waals surface area (Å²) in [5.41, 5.74) is 8.36. The van der Waals surface area contributed by atoms with Crippen LogP contribution < -0.4 is 15.4 Å². The summed E-state index contributed by atoms with van der Waals surface area (Å²) in [5.74, 6) is 0.942. The smallest absolute Gasteiger partial charge is 0.142 e. The third-order valence-electron chi connectivity index (χ3n) is 3.67. The Morgan fingerprint density at radius 1 is 1.20 bits per heavy atom. The summed E-state index contributed by atoms with van der Waals surface area (Å²) in [7, 11) is 0. The number of aromatic nitrogens is 1. The largest absolute Gasteiger partial charge is 0.491 e. The van der Waals surface area contributed by atoms with Crippen molar-refractivity contribution in [1.82, 2.24) is 4.98 Å². The average Bonchev–Trinajstić information content (AvgIpc) is 2.72. The summed E-state index contributed by atoms with van der Waals surface area (Å²) in [6.45, 7) is 2.26. The molecule has 1 aliphatic heterocycles. The molecule has 0 saturated carbocycles. The molecule has 2 N–H and O–H groups in total. The van der Waals surface area contributed by atoms with Gasteiger partial charge in [-0.15, -0.1) is 0 Å². The molecule has 3 rings (SSSR count). The van der Waals surface area contributed by atoms with Gasteiger partial charge in [-0.25, -0.2) is 0 Å². The quantitative estimate of drug-likeness (QED) is 0.929. The maximum Gasteiger partial charge on any atom is 0.142 e. The Hall–Kier alpha value is -2.07. The van der Waals surface area contributed by atoms with Crippen LogP contribution in [0.5, 0.6) is 5.75 Å². The van der Waals surface area contributed by atoms with Crippen LogP contribution in [-0.4, -0.2) is 24.7 Å². The number of benzene rings is 1. The van der Waals surface area contributed by atoms with Gasteiger partial charge in [-0.1, -0.05) is 12.1 Å². The molecule has 2 heterocycles. The minimum absolute atomic E-state index is 0.154. The second kappa shape index (κ2) is 5.92. The van der Waals surface area contributed by atoms with Crippen LogP contribution in [0.1, 0.15) is 18.0 Å². The summed E-state index contributed by atoms with van der Waals surface area (Å²) in [6.07, 6.45) is 4.63. The third-order valence-corrected chi connectivity index (χ3v) is 3.67. The molecule has 20 heavy (non-hydrogen) atoms. The average molecular weight is 269 g/mol. The van der Waals surface area contributed by atoms with E-state index in [9.17, 15) is 0 Å². The Balaban J connectivity index is 1.99. The minimum atomic E-state index is 0.154. The van der Waals surface area contributed by atoms with Crippen molar-refractivity contribution in [3.63, 3.8) is 0 Å². The molecule has 1 unspecified atom stereocenters. The van der Waals surface area contributed by atoms with Gasteiger partial charge in [0.15, 0.2) is 0 Å². The first-order valence-corrected chi connectivity index (χ1v) is 6.98. The number of anilines is 1. The van der Waals surface area contributed by atoms with Gasteiger partial charge in [-0.05, 0) is 36.2 Å². The maximum atomic E-state index is 6.04. The molecule has 0 saturated heterocycles. The summed E-state index contributed by atoms with van der Waals surface area (Å²) in [6, 6.07) is 12.4. The first kappa shape index (κ1) is 12.9. The first-order valence-electron chi connectivity index (χ1n) is 6.98. The number of hydrogen-bond acceptors (Lipinski definition) is 4. The normalized spacial score (nSPS) is 15.9. The SMILES string of the molecule is NCC(c1ccncc1)N1CCCOc2ccccc21. The van der Waals surface area contributed by atoms with Crippen molar-refractivity contribution < 1.29 is 4.74 Å². The van der Waals surface area contributed by atoms with Crippen LogP contribution in [0, 0.1) is 0 Å². The number of ether oxygens (including phenoxy) is 1. The van der Waals surface area contributed by atoms with E-state index in [1.165, 1.54) is 5.56 Å². The van der Waals surface area contributed by atoms with Gasteiger partial charge >= 0.3 is 0 Å². The van der Waals surface area contributed by atoms with Crippen LogP contribution in [0.15, 0.2) is 48.8 Å². The Labute approximate surface area is 119 Å². The van der Waals surface area contributed by atoms with Gasteiger partial charge in [0.1, 0.15) is 5.75 Å². The van der Waals surface area contributed by atoms with E-state index in [1.807, 2.05) is 42.7 Å². The van der Waals surface area contributed by atoms with Crippen molar-refractivity contribution in [2.45, 2.75) is 12.5 Å². The molecular weight excluding hydrogens is 250 g/mol. The van der Waals surface area contributed by atoms with Gasteiger partial charge in [0, 0.05) is 25.5 Å². The molecule has 0 aliphatic carbocycles. The highest BCUT2D eigenvalue weighted by Gasteiger charge is 2.23. The predicted molar refractivity (Wildman–Crippen MR) is 79.9 cm³/mol. The second-order valence-corrected chi connectivity index (χ2v) is 4.90. The van der Waals surface area contributed by atoms with E-state index in [2.05, 4.69) is 16.0 Å². The monoisotopic (exact) mass is 269 g/mol. The molecule has 104 valence electrons. The lowest BCUT2D eigenvalue weighted by Gasteiger charge is -2.32.